The molecule has 0 spiro atoms. The van der Waals surface area contributed by atoms with Gasteiger partial charge in [-0.25, -0.2) is 4.98 Å². The van der Waals surface area contributed by atoms with E-state index in [4.69, 9.17) is 32.7 Å². The normalized spacial score (nSPS) is 24.3. The summed E-state index contributed by atoms with van der Waals surface area (Å²) in [6, 6.07) is 12.8. The van der Waals surface area contributed by atoms with Crippen molar-refractivity contribution in [3.8, 4) is 0 Å². The Morgan fingerprint density at radius 2 is 1.74 bits per heavy atom. The van der Waals surface area contributed by atoms with Crippen LogP contribution >= 0.6 is 23.2 Å². The molecule has 0 saturated carbocycles. The van der Waals surface area contributed by atoms with Gasteiger partial charge >= 0.3 is 12.1 Å². The standard InChI is InChI=1S/C29H29Cl2F3N4O5/c1-16-22(13-37-15-35-24(30)25(37)31)42-27(43-23(16)18-6-4-17(14-39)5-7-18)19-8-10-20(11-9-19)36-26(40)21-3-2-12-38(21)28(41)29(32,33)34/h4-11,15-16,21-23,27,39H,2-3,12-14H2,1H3,(H,36,40). The fraction of sp³-hybridized carbons (Fsp3) is 0.414. The van der Waals surface area contributed by atoms with E-state index in [1.807, 2.05) is 31.2 Å². The van der Waals surface area contributed by atoms with Crippen LogP contribution in [0.25, 0.3) is 0 Å². The van der Waals surface area contributed by atoms with Crippen molar-refractivity contribution in [3.05, 3.63) is 81.9 Å². The van der Waals surface area contributed by atoms with Crippen molar-refractivity contribution in [2.45, 2.75) is 63.6 Å². The lowest BCUT2D eigenvalue weighted by atomic mass is 9.90. The molecule has 14 heteroatoms. The molecule has 230 valence electrons. The molecule has 5 rings (SSSR count). The molecule has 0 radical (unpaired) electrons. The van der Waals surface area contributed by atoms with Crippen LogP contribution in [0.4, 0.5) is 18.9 Å². The Hall–Kier alpha value is -3.16. The van der Waals surface area contributed by atoms with Gasteiger partial charge in [0.05, 0.1) is 31.7 Å². The topological polar surface area (TPSA) is 106 Å². The summed E-state index contributed by atoms with van der Waals surface area (Å²) in [7, 11) is 0. The fourth-order valence-electron chi connectivity index (χ4n) is 5.39. The fourth-order valence-corrected chi connectivity index (χ4v) is 5.70. The summed E-state index contributed by atoms with van der Waals surface area (Å²) in [4.78, 5) is 29.2. The van der Waals surface area contributed by atoms with Crippen molar-refractivity contribution in [2.75, 3.05) is 11.9 Å². The number of halogens is 5. The molecule has 3 heterocycles. The molecule has 2 aromatic carbocycles. The Bertz CT molecular complexity index is 1450. The molecule has 2 aliphatic rings. The number of nitrogens with zero attached hydrogens (tertiary/aromatic N) is 3. The van der Waals surface area contributed by atoms with Crippen molar-refractivity contribution >= 4 is 40.7 Å². The number of ether oxygens (including phenoxy) is 2. The molecule has 1 aromatic heterocycles. The van der Waals surface area contributed by atoms with Crippen molar-refractivity contribution in [1.82, 2.24) is 14.5 Å². The van der Waals surface area contributed by atoms with E-state index in [9.17, 15) is 27.9 Å². The van der Waals surface area contributed by atoms with Crippen LogP contribution in [0.1, 0.15) is 48.8 Å². The number of likely N-dealkylation sites (tertiary alicyclic amines) is 1. The van der Waals surface area contributed by atoms with E-state index in [1.165, 1.54) is 6.33 Å². The van der Waals surface area contributed by atoms with Crippen LogP contribution in [-0.2, 0) is 32.2 Å². The highest BCUT2D eigenvalue weighted by atomic mass is 35.5. The zero-order valence-corrected chi connectivity index (χ0v) is 24.4. The molecule has 0 bridgehead atoms. The van der Waals surface area contributed by atoms with E-state index in [2.05, 4.69) is 10.3 Å². The van der Waals surface area contributed by atoms with Crippen LogP contribution in [0.2, 0.25) is 10.3 Å². The first-order valence-corrected chi connectivity index (χ1v) is 14.4. The number of imidazole rings is 1. The summed E-state index contributed by atoms with van der Waals surface area (Å²) >= 11 is 12.4. The molecule has 3 aromatic rings. The van der Waals surface area contributed by atoms with Gasteiger partial charge in [-0.15, -0.1) is 0 Å². The number of amides is 2. The number of alkyl halides is 3. The van der Waals surface area contributed by atoms with Gasteiger partial charge in [-0.05, 0) is 36.1 Å². The Kier molecular flexibility index (Phi) is 9.33. The third-order valence-corrected chi connectivity index (χ3v) is 8.51. The monoisotopic (exact) mass is 640 g/mol. The van der Waals surface area contributed by atoms with Crippen molar-refractivity contribution in [3.63, 3.8) is 0 Å². The maximum absolute atomic E-state index is 13.0. The van der Waals surface area contributed by atoms with Crippen LogP contribution in [0, 0.1) is 5.92 Å². The average Bonchev–Trinajstić information content (AvgIpc) is 3.60. The minimum atomic E-state index is -5.05. The molecule has 2 saturated heterocycles. The van der Waals surface area contributed by atoms with Crippen molar-refractivity contribution < 1.29 is 37.3 Å². The zero-order chi connectivity index (χ0) is 30.9. The molecule has 2 aliphatic heterocycles. The largest absolute Gasteiger partial charge is 0.471 e. The number of carbonyl (C=O) groups excluding carboxylic acids is 2. The molecule has 9 nitrogen and oxygen atoms in total. The Morgan fingerprint density at radius 1 is 1.07 bits per heavy atom. The second-order valence-corrected chi connectivity index (χ2v) is 11.3. The van der Waals surface area contributed by atoms with E-state index < -0.39 is 36.4 Å². The van der Waals surface area contributed by atoms with Gasteiger partial charge in [0.2, 0.25) is 5.91 Å². The Labute approximate surface area is 255 Å². The third kappa shape index (κ3) is 6.83. The van der Waals surface area contributed by atoms with Crippen LogP contribution in [0.15, 0.2) is 54.9 Å². The molecular weight excluding hydrogens is 612 g/mol. The highest BCUT2D eigenvalue weighted by Crippen LogP contribution is 2.42. The van der Waals surface area contributed by atoms with Gasteiger partial charge in [0.1, 0.15) is 11.2 Å². The molecule has 2 amide bonds. The summed E-state index contributed by atoms with van der Waals surface area (Å²) < 4.78 is 53.4. The van der Waals surface area contributed by atoms with Gasteiger partial charge in [0.15, 0.2) is 11.4 Å². The number of hydrogen-bond donors (Lipinski definition) is 2. The number of anilines is 1. The lowest BCUT2D eigenvalue weighted by Gasteiger charge is -2.41. The second-order valence-electron chi connectivity index (χ2n) is 10.6. The van der Waals surface area contributed by atoms with E-state index in [1.54, 1.807) is 28.8 Å². The number of aliphatic hydroxyl groups excluding tert-OH is 1. The van der Waals surface area contributed by atoms with Gasteiger partial charge in [-0.3, -0.25) is 9.59 Å². The highest BCUT2D eigenvalue weighted by Gasteiger charge is 2.47. The van der Waals surface area contributed by atoms with E-state index in [0.29, 0.717) is 29.1 Å². The SMILES string of the molecule is CC1C(Cn2cnc(Cl)c2Cl)OC(c2ccc(NC(=O)C3CCCN3C(=O)C(F)(F)F)cc2)OC1c1ccc(CO)cc1. The molecule has 2 fully saturated rings. The highest BCUT2D eigenvalue weighted by molar-refractivity contribution is 6.40. The average molecular weight is 641 g/mol. The first kappa shape index (κ1) is 31.3. The molecule has 0 aliphatic carbocycles. The number of benzene rings is 2. The first-order chi connectivity index (χ1) is 20.5. The van der Waals surface area contributed by atoms with E-state index in [-0.39, 0.29) is 41.9 Å². The van der Waals surface area contributed by atoms with E-state index in [0.717, 1.165) is 11.1 Å². The van der Waals surface area contributed by atoms with Gasteiger partial charge in [0, 0.05) is 23.7 Å². The van der Waals surface area contributed by atoms with E-state index >= 15 is 0 Å². The predicted molar refractivity (Wildman–Crippen MR) is 151 cm³/mol. The number of carbonyl (C=O) groups is 2. The Balaban J connectivity index is 1.33. The maximum atomic E-state index is 13.0. The van der Waals surface area contributed by atoms with Crippen LogP contribution in [0.5, 0.6) is 0 Å². The quantitative estimate of drug-likeness (QED) is 0.345. The van der Waals surface area contributed by atoms with Gasteiger partial charge in [0.25, 0.3) is 0 Å². The molecule has 5 atom stereocenters. The summed E-state index contributed by atoms with van der Waals surface area (Å²) in [5.41, 5.74) is 2.63. The Morgan fingerprint density at radius 3 is 2.35 bits per heavy atom. The lowest BCUT2D eigenvalue weighted by Crippen LogP contribution is -2.48. The van der Waals surface area contributed by atoms with Crippen molar-refractivity contribution in [2.24, 2.45) is 5.92 Å². The predicted octanol–water partition coefficient (Wildman–Crippen LogP) is 5.67. The van der Waals surface area contributed by atoms with Crippen LogP contribution in [0.3, 0.4) is 0 Å². The smallest absolute Gasteiger partial charge is 0.392 e. The summed E-state index contributed by atoms with van der Waals surface area (Å²) in [6.45, 7) is 2.11. The minimum absolute atomic E-state index is 0.0874. The lowest BCUT2D eigenvalue weighted by molar-refractivity contribution is -0.276. The van der Waals surface area contributed by atoms with Gasteiger partial charge in [-0.2, -0.15) is 13.2 Å². The summed E-state index contributed by atoms with van der Waals surface area (Å²) in [5, 5.41) is 12.5. The summed E-state index contributed by atoms with van der Waals surface area (Å²) in [6.07, 6.45) is -4.68. The zero-order valence-electron chi connectivity index (χ0n) is 22.9. The molecule has 5 unspecified atom stereocenters. The molecule has 2 N–H and O–H groups in total. The summed E-state index contributed by atoms with van der Waals surface area (Å²) in [5.74, 6) is -2.85. The maximum Gasteiger partial charge on any atom is 0.471 e. The molecular formula is C29H29Cl2F3N4O5. The van der Waals surface area contributed by atoms with Crippen LogP contribution in [-0.4, -0.2) is 56.2 Å². The number of rotatable bonds is 7. The molecule has 43 heavy (non-hydrogen) atoms. The number of hydrogen-bond acceptors (Lipinski definition) is 6. The third-order valence-electron chi connectivity index (χ3n) is 7.74. The number of aromatic nitrogens is 2. The number of aliphatic hydroxyl groups is 1. The minimum Gasteiger partial charge on any atom is -0.392 e. The van der Waals surface area contributed by atoms with Crippen LogP contribution < -0.4 is 5.32 Å². The number of nitrogens with one attached hydrogen (secondary N) is 1. The first-order valence-electron chi connectivity index (χ1n) is 13.6. The second kappa shape index (κ2) is 12.8. The van der Waals surface area contributed by atoms with Crippen molar-refractivity contribution in [1.29, 1.82) is 0 Å². The van der Waals surface area contributed by atoms with Gasteiger partial charge < -0.3 is 29.4 Å². The van der Waals surface area contributed by atoms with Gasteiger partial charge in [-0.1, -0.05) is 66.5 Å².